The van der Waals surface area contributed by atoms with Crippen molar-refractivity contribution in [1.82, 2.24) is 10.2 Å². The fourth-order valence-electron chi connectivity index (χ4n) is 1.81. The molecule has 1 aliphatic carbocycles. The molecule has 0 aromatic carbocycles. The van der Waals surface area contributed by atoms with Crippen molar-refractivity contribution in [2.75, 3.05) is 0 Å². The van der Waals surface area contributed by atoms with Gasteiger partial charge in [-0.2, -0.15) is 5.10 Å². The first-order valence-electron chi connectivity index (χ1n) is 5.22. The molecule has 2 rings (SSSR count). The van der Waals surface area contributed by atoms with Crippen LogP contribution in [-0.4, -0.2) is 15.7 Å². The molecule has 0 saturated heterocycles. The Kier molecular flexibility index (Phi) is 1.96. The molecule has 1 heterocycles. The van der Waals surface area contributed by atoms with Crippen molar-refractivity contribution in [1.29, 1.82) is 0 Å². The van der Waals surface area contributed by atoms with Crippen LogP contribution in [0.3, 0.4) is 0 Å². The summed E-state index contributed by atoms with van der Waals surface area (Å²) < 4.78 is 0. The molecule has 1 aliphatic rings. The quantitative estimate of drug-likeness (QED) is 0.751. The van der Waals surface area contributed by atoms with Crippen LogP contribution in [0.25, 0.3) is 0 Å². The van der Waals surface area contributed by atoms with Gasteiger partial charge in [0.1, 0.15) is 0 Å². The summed E-state index contributed by atoms with van der Waals surface area (Å²) in [4.78, 5) is 0. The number of nitrogens with zero attached hydrogens (tertiary/aromatic N) is 1. The number of hydrogen-bond acceptors (Lipinski definition) is 2. The number of rotatable bonds is 2. The zero-order chi connectivity index (χ0) is 10.4. The standard InChI is InChI=1S/C11H19N3/c1-10(2,3)9-8(7-13-14-9)6-11(12)4-5-11/h7H,4-6,12H2,1-3H3,(H,13,14). The highest BCUT2D eigenvalue weighted by Gasteiger charge is 2.39. The van der Waals surface area contributed by atoms with Gasteiger partial charge in [0, 0.05) is 16.6 Å². The smallest absolute Gasteiger partial charge is 0.0523 e. The van der Waals surface area contributed by atoms with Crippen molar-refractivity contribution in [2.24, 2.45) is 5.73 Å². The van der Waals surface area contributed by atoms with E-state index in [0.717, 1.165) is 19.3 Å². The number of aromatic amines is 1. The summed E-state index contributed by atoms with van der Waals surface area (Å²) >= 11 is 0. The van der Waals surface area contributed by atoms with Gasteiger partial charge < -0.3 is 5.73 Å². The number of nitrogens with one attached hydrogen (secondary N) is 1. The Balaban J connectivity index is 2.21. The van der Waals surface area contributed by atoms with Crippen LogP contribution in [0.1, 0.15) is 44.9 Å². The molecule has 0 amide bonds. The lowest BCUT2D eigenvalue weighted by molar-refractivity contribution is 0.552. The first kappa shape index (κ1) is 9.71. The van der Waals surface area contributed by atoms with Crippen LogP contribution in [0.4, 0.5) is 0 Å². The predicted octanol–water partition coefficient (Wildman–Crippen LogP) is 1.74. The molecule has 0 aliphatic heterocycles. The molecule has 0 atom stereocenters. The van der Waals surface area contributed by atoms with Crippen molar-refractivity contribution in [3.05, 3.63) is 17.5 Å². The summed E-state index contributed by atoms with van der Waals surface area (Å²) in [6.45, 7) is 6.58. The molecule has 1 saturated carbocycles. The van der Waals surface area contributed by atoms with Gasteiger partial charge in [0.2, 0.25) is 0 Å². The van der Waals surface area contributed by atoms with Gasteiger partial charge in [0.05, 0.1) is 6.20 Å². The fraction of sp³-hybridized carbons (Fsp3) is 0.727. The van der Waals surface area contributed by atoms with Crippen LogP contribution in [0, 0.1) is 0 Å². The maximum atomic E-state index is 6.11. The monoisotopic (exact) mass is 193 g/mol. The average Bonchev–Trinajstić information content (AvgIpc) is 2.61. The normalized spacial score (nSPS) is 19.7. The summed E-state index contributed by atoms with van der Waals surface area (Å²) in [6, 6.07) is 0. The molecule has 1 aromatic rings. The van der Waals surface area contributed by atoms with Crippen molar-refractivity contribution >= 4 is 0 Å². The van der Waals surface area contributed by atoms with E-state index in [-0.39, 0.29) is 11.0 Å². The molecule has 0 unspecified atom stereocenters. The lowest BCUT2D eigenvalue weighted by Gasteiger charge is -2.19. The van der Waals surface area contributed by atoms with Crippen LogP contribution < -0.4 is 5.73 Å². The molecule has 78 valence electrons. The maximum absolute atomic E-state index is 6.11. The lowest BCUT2D eigenvalue weighted by Crippen LogP contribution is -2.26. The Morgan fingerprint density at radius 1 is 1.50 bits per heavy atom. The van der Waals surface area contributed by atoms with Gasteiger partial charge >= 0.3 is 0 Å². The predicted molar refractivity (Wildman–Crippen MR) is 57.1 cm³/mol. The van der Waals surface area contributed by atoms with Crippen LogP contribution in [0.2, 0.25) is 0 Å². The van der Waals surface area contributed by atoms with E-state index in [4.69, 9.17) is 5.73 Å². The second-order valence-electron chi connectivity index (χ2n) is 5.56. The third-order valence-electron chi connectivity index (χ3n) is 2.90. The minimum atomic E-state index is 0.0733. The van der Waals surface area contributed by atoms with Gasteiger partial charge in [-0.15, -0.1) is 0 Å². The van der Waals surface area contributed by atoms with E-state index < -0.39 is 0 Å². The number of nitrogens with two attached hydrogens (primary N) is 1. The highest BCUT2D eigenvalue weighted by atomic mass is 15.1. The summed E-state index contributed by atoms with van der Waals surface area (Å²) in [6.07, 6.45) is 5.20. The van der Waals surface area contributed by atoms with E-state index in [1.54, 1.807) is 0 Å². The third-order valence-corrected chi connectivity index (χ3v) is 2.90. The van der Waals surface area contributed by atoms with Crippen molar-refractivity contribution < 1.29 is 0 Å². The van der Waals surface area contributed by atoms with E-state index in [1.807, 2.05) is 6.20 Å². The van der Waals surface area contributed by atoms with Crippen LogP contribution in [0.15, 0.2) is 6.20 Å². The first-order valence-corrected chi connectivity index (χ1v) is 5.22. The largest absolute Gasteiger partial charge is 0.325 e. The van der Waals surface area contributed by atoms with Gasteiger partial charge in [0.15, 0.2) is 0 Å². The number of hydrogen-bond donors (Lipinski definition) is 2. The highest BCUT2D eigenvalue weighted by Crippen LogP contribution is 2.37. The summed E-state index contributed by atoms with van der Waals surface area (Å²) in [5.74, 6) is 0. The molecule has 3 N–H and O–H groups in total. The first-order chi connectivity index (χ1) is 6.41. The molecular weight excluding hydrogens is 174 g/mol. The summed E-state index contributed by atoms with van der Waals surface area (Å²) in [5.41, 5.74) is 8.84. The maximum Gasteiger partial charge on any atom is 0.0523 e. The van der Waals surface area contributed by atoms with E-state index in [9.17, 15) is 0 Å². The van der Waals surface area contributed by atoms with Gasteiger partial charge in [-0.05, 0) is 24.8 Å². The Labute approximate surface area is 85.1 Å². The van der Waals surface area contributed by atoms with E-state index in [2.05, 4.69) is 31.0 Å². The lowest BCUT2D eigenvalue weighted by atomic mass is 9.87. The number of aromatic nitrogens is 2. The molecule has 3 heteroatoms. The molecule has 0 bridgehead atoms. The SMILES string of the molecule is CC(C)(C)c1[nH]ncc1CC1(N)CC1. The summed E-state index contributed by atoms with van der Waals surface area (Å²) in [5, 5.41) is 7.21. The Bertz CT molecular complexity index is 329. The third kappa shape index (κ3) is 1.82. The van der Waals surface area contributed by atoms with Crippen molar-refractivity contribution in [3.8, 4) is 0 Å². The zero-order valence-electron chi connectivity index (χ0n) is 9.22. The van der Waals surface area contributed by atoms with Gasteiger partial charge in [-0.25, -0.2) is 0 Å². The summed E-state index contributed by atoms with van der Waals surface area (Å²) in [7, 11) is 0. The molecule has 1 aromatic heterocycles. The molecule has 3 nitrogen and oxygen atoms in total. The highest BCUT2D eigenvalue weighted by molar-refractivity contribution is 5.27. The van der Waals surface area contributed by atoms with Gasteiger partial charge in [0.25, 0.3) is 0 Å². The van der Waals surface area contributed by atoms with Crippen LogP contribution >= 0.6 is 0 Å². The molecule has 14 heavy (non-hydrogen) atoms. The minimum Gasteiger partial charge on any atom is -0.325 e. The van der Waals surface area contributed by atoms with Gasteiger partial charge in [-0.3, -0.25) is 5.10 Å². The Morgan fingerprint density at radius 2 is 2.14 bits per heavy atom. The van der Waals surface area contributed by atoms with E-state index in [1.165, 1.54) is 11.3 Å². The topological polar surface area (TPSA) is 54.7 Å². The van der Waals surface area contributed by atoms with Gasteiger partial charge in [-0.1, -0.05) is 20.8 Å². The van der Waals surface area contributed by atoms with Crippen molar-refractivity contribution in [3.63, 3.8) is 0 Å². The zero-order valence-corrected chi connectivity index (χ0v) is 9.22. The van der Waals surface area contributed by atoms with E-state index >= 15 is 0 Å². The molecule has 0 radical (unpaired) electrons. The molecule has 1 fully saturated rings. The van der Waals surface area contributed by atoms with Crippen molar-refractivity contribution in [2.45, 2.75) is 51.0 Å². The van der Waals surface area contributed by atoms with E-state index in [0.29, 0.717) is 0 Å². The second-order valence-corrected chi connectivity index (χ2v) is 5.56. The average molecular weight is 193 g/mol. The molecule has 0 spiro atoms. The number of H-pyrrole nitrogens is 1. The second kappa shape index (κ2) is 2.83. The Hall–Kier alpha value is -0.830. The van der Waals surface area contributed by atoms with Crippen LogP contribution in [-0.2, 0) is 11.8 Å². The Morgan fingerprint density at radius 3 is 2.64 bits per heavy atom. The fourth-order valence-corrected chi connectivity index (χ4v) is 1.81. The van der Waals surface area contributed by atoms with Crippen LogP contribution in [0.5, 0.6) is 0 Å². The minimum absolute atomic E-state index is 0.0733. The molecular formula is C11H19N3.